The third kappa shape index (κ3) is 5.48. The number of anilines is 2. The number of nitrogens with one attached hydrogen (secondary N) is 4. The highest BCUT2D eigenvalue weighted by molar-refractivity contribution is 7.80. The maximum atomic E-state index is 12.1. The van der Waals surface area contributed by atoms with Gasteiger partial charge in [-0.3, -0.25) is 20.2 Å². The molecule has 12 heteroatoms. The Morgan fingerprint density at radius 1 is 0.839 bits per heavy atom. The number of benzene rings is 1. The molecule has 1 aromatic carbocycles. The van der Waals surface area contributed by atoms with Crippen LogP contribution in [0.1, 0.15) is 19.3 Å². The first-order valence-corrected chi connectivity index (χ1v) is 12.1. The van der Waals surface area contributed by atoms with Crippen molar-refractivity contribution in [2.45, 2.75) is 0 Å². The topological polar surface area (TPSA) is 95.2 Å². The van der Waals surface area contributed by atoms with E-state index >= 15 is 0 Å². The fourth-order valence-electron chi connectivity index (χ4n) is 2.49. The van der Waals surface area contributed by atoms with Crippen LogP contribution in [0.3, 0.4) is 0 Å². The van der Waals surface area contributed by atoms with E-state index in [0.717, 1.165) is 10.2 Å². The summed E-state index contributed by atoms with van der Waals surface area (Å²) in [4.78, 5) is 29.8. The third-order valence-electron chi connectivity index (χ3n) is 3.81. The van der Waals surface area contributed by atoms with Crippen LogP contribution >= 0.6 is 58.4 Å². The molecule has 3 aromatic heterocycles. The summed E-state index contributed by atoms with van der Waals surface area (Å²) in [5.41, 5.74) is 1.48. The highest BCUT2D eigenvalue weighted by Gasteiger charge is 2.12. The zero-order chi connectivity index (χ0) is 21.8. The van der Waals surface area contributed by atoms with Gasteiger partial charge in [0.05, 0.1) is 20.0 Å². The van der Waals surface area contributed by atoms with E-state index in [4.69, 9.17) is 24.4 Å². The van der Waals surface area contributed by atoms with Gasteiger partial charge in [-0.15, -0.1) is 22.7 Å². The van der Waals surface area contributed by atoms with Gasteiger partial charge in [0.15, 0.2) is 15.4 Å². The normalized spacial score (nSPS) is 10.5. The minimum atomic E-state index is -0.266. The lowest BCUT2D eigenvalue weighted by Gasteiger charge is -2.08. The molecule has 3 heterocycles. The van der Waals surface area contributed by atoms with Crippen LogP contribution in [-0.2, 0) is 0 Å². The van der Waals surface area contributed by atoms with E-state index in [1.54, 1.807) is 24.3 Å². The van der Waals surface area contributed by atoms with Gasteiger partial charge in [0.1, 0.15) is 0 Å². The van der Waals surface area contributed by atoms with Gasteiger partial charge in [0.2, 0.25) is 0 Å². The first kappa shape index (κ1) is 21.5. The predicted molar refractivity (Wildman–Crippen MR) is 136 cm³/mol. The van der Waals surface area contributed by atoms with Gasteiger partial charge in [-0.05, 0) is 65.5 Å². The van der Waals surface area contributed by atoms with Crippen molar-refractivity contribution in [3.05, 3.63) is 63.0 Å². The summed E-state index contributed by atoms with van der Waals surface area (Å²) in [5.74, 6) is -0.519. The number of thiocarbonyl (C=S) groups is 2. The van der Waals surface area contributed by atoms with Gasteiger partial charge in [-0.1, -0.05) is 23.5 Å². The van der Waals surface area contributed by atoms with E-state index in [-0.39, 0.29) is 22.0 Å². The smallest absolute Gasteiger partial charge is 0.267 e. The molecule has 0 aliphatic carbocycles. The highest BCUT2D eigenvalue weighted by Crippen LogP contribution is 2.28. The molecule has 7 nitrogen and oxygen atoms in total. The number of carbonyl (C=O) groups is 2. The largest absolute Gasteiger partial charge is 0.332 e. The first-order chi connectivity index (χ1) is 15.0. The lowest BCUT2D eigenvalue weighted by molar-refractivity contribution is 0.0973. The summed E-state index contributed by atoms with van der Waals surface area (Å²) in [5, 5.41) is 15.8. The molecular formula is C19H13N5O2S5. The van der Waals surface area contributed by atoms with E-state index < -0.39 is 0 Å². The number of thiophene rings is 2. The Morgan fingerprint density at radius 3 is 2.03 bits per heavy atom. The van der Waals surface area contributed by atoms with Crippen LogP contribution in [0, 0.1) is 0 Å². The average Bonchev–Trinajstić information content (AvgIpc) is 3.48. The van der Waals surface area contributed by atoms with Crippen molar-refractivity contribution >= 4 is 102 Å². The third-order valence-corrected chi connectivity index (χ3v) is 6.89. The van der Waals surface area contributed by atoms with E-state index in [2.05, 4.69) is 26.3 Å². The maximum Gasteiger partial charge on any atom is 0.267 e. The van der Waals surface area contributed by atoms with Crippen LogP contribution in [0.2, 0.25) is 0 Å². The van der Waals surface area contributed by atoms with Crippen LogP contribution in [0.25, 0.3) is 10.2 Å². The minimum absolute atomic E-state index is 0.174. The molecule has 0 atom stereocenters. The van der Waals surface area contributed by atoms with Crippen LogP contribution in [0.5, 0.6) is 0 Å². The maximum absolute atomic E-state index is 12.1. The van der Waals surface area contributed by atoms with Crippen LogP contribution in [0.15, 0.2) is 53.2 Å². The summed E-state index contributed by atoms with van der Waals surface area (Å²) in [6.07, 6.45) is 0. The quantitative estimate of drug-likeness (QED) is 0.301. The Bertz CT molecular complexity index is 1200. The summed E-state index contributed by atoms with van der Waals surface area (Å²) in [6, 6.07) is 12.6. The molecule has 0 saturated heterocycles. The molecule has 0 aliphatic rings. The standard InChI is InChI=1S/C19H13N5O2S5/c25-15(12-3-1-7-29-12)22-17(27)20-10-5-6-11-14(9-10)31-19(21-11)24-18(28)23-16(26)13-4-2-8-30-13/h1-9H,(H2,20,22,25,27)(H2,21,23,24,26,28). The van der Waals surface area contributed by atoms with Gasteiger partial charge in [0, 0.05) is 5.69 Å². The van der Waals surface area contributed by atoms with Crippen molar-refractivity contribution in [2.24, 2.45) is 0 Å². The lowest BCUT2D eigenvalue weighted by Crippen LogP contribution is -2.33. The number of nitrogens with zero attached hydrogens (tertiary/aromatic N) is 1. The van der Waals surface area contributed by atoms with Crippen molar-refractivity contribution in [2.75, 3.05) is 10.6 Å². The second-order valence-corrected chi connectivity index (χ2v) is 9.72. The molecule has 0 spiro atoms. The van der Waals surface area contributed by atoms with Crippen LogP contribution < -0.4 is 21.3 Å². The van der Waals surface area contributed by atoms with Gasteiger partial charge < -0.3 is 10.6 Å². The number of hydrogen-bond acceptors (Lipinski definition) is 8. The van der Waals surface area contributed by atoms with Gasteiger partial charge >= 0.3 is 0 Å². The summed E-state index contributed by atoms with van der Waals surface area (Å²) >= 11 is 14.5. The molecule has 0 fully saturated rings. The molecule has 0 bridgehead atoms. The molecule has 0 radical (unpaired) electrons. The zero-order valence-corrected chi connectivity index (χ0v) is 19.6. The summed E-state index contributed by atoms with van der Waals surface area (Å²) in [6.45, 7) is 0. The average molecular weight is 504 g/mol. The van der Waals surface area contributed by atoms with E-state index in [9.17, 15) is 9.59 Å². The predicted octanol–water partition coefficient (Wildman–Crippen LogP) is 4.67. The Hall–Kier alpha value is -2.77. The van der Waals surface area contributed by atoms with E-state index in [1.165, 1.54) is 34.0 Å². The Balaban J connectivity index is 1.37. The molecule has 4 aromatic rings. The molecule has 0 aliphatic heterocycles. The van der Waals surface area contributed by atoms with Crippen molar-refractivity contribution in [1.82, 2.24) is 15.6 Å². The molecule has 156 valence electrons. The summed E-state index contributed by atoms with van der Waals surface area (Å²) < 4.78 is 0.882. The fraction of sp³-hybridized carbons (Fsp3) is 0. The molecule has 2 amide bonds. The first-order valence-electron chi connectivity index (χ1n) is 8.70. The van der Waals surface area contributed by atoms with E-state index in [0.29, 0.717) is 20.6 Å². The molecule has 0 saturated carbocycles. The molecule has 31 heavy (non-hydrogen) atoms. The SMILES string of the molecule is O=C(NC(=S)Nc1ccc2nc(NC(=S)NC(=O)c3cccs3)sc2c1)c1cccs1. The number of rotatable bonds is 4. The number of aromatic nitrogens is 1. The van der Waals surface area contributed by atoms with Crippen molar-refractivity contribution < 1.29 is 9.59 Å². The fourth-order valence-corrected chi connectivity index (χ4v) is 5.10. The molecule has 4 N–H and O–H groups in total. The van der Waals surface area contributed by atoms with Gasteiger partial charge in [-0.2, -0.15) is 0 Å². The number of amides is 2. The van der Waals surface area contributed by atoms with Crippen LogP contribution in [-0.4, -0.2) is 27.0 Å². The molecule has 0 unspecified atom stereocenters. The van der Waals surface area contributed by atoms with E-state index in [1.807, 2.05) is 29.0 Å². The number of hydrogen-bond donors (Lipinski definition) is 4. The molecular weight excluding hydrogens is 491 g/mol. The Kier molecular flexibility index (Phi) is 6.63. The molecule has 4 rings (SSSR count). The monoisotopic (exact) mass is 503 g/mol. The van der Waals surface area contributed by atoms with Crippen molar-refractivity contribution in [3.8, 4) is 0 Å². The number of fused-ring (bicyclic) bond motifs is 1. The zero-order valence-electron chi connectivity index (χ0n) is 15.5. The minimum Gasteiger partial charge on any atom is -0.332 e. The Morgan fingerprint density at radius 2 is 1.45 bits per heavy atom. The second kappa shape index (κ2) is 9.58. The van der Waals surface area contributed by atoms with Crippen molar-refractivity contribution in [1.29, 1.82) is 0 Å². The lowest BCUT2D eigenvalue weighted by atomic mass is 10.3. The second-order valence-electron chi connectivity index (χ2n) is 5.97. The van der Waals surface area contributed by atoms with Crippen LogP contribution in [0.4, 0.5) is 10.8 Å². The Labute approximate surface area is 199 Å². The van der Waals surface area contributed by atoms with Gasteiger partial charge in [0.25, 0.3) is 11.8 Å². The number of carbonyl (C=O) groups excluding carboxylic acids is 2. The van der Waals surface area contributed by atoms with Crippen molar-refractivity contribution in [3.63, 3.8) is 0 Å². The van der Waals surface area contributed by atoms with Gasteiger partial charge in [-0.25, -0.2) is 4.98 Å². The number of thiazole rings is 1. The highest BCUT2D eigenvalue weighted by atomic mass is 32.1. The summed E-state index contributed by atoms with van der Waals surface area (Å²) in [7, 11) is 0.